The Morgan fingerprint density at radius 1 is 1.37 bits per heavy atom. The minimum absolute atomic E-state index is 0. The number of nitrogens with two attached hydrogens (primary N) is 1. The maximum absolute atomic E-state index is 12.1. The van der Waals surface area contributed by atoms with Gasteiger partial charge in [0.05, 0.1) is 0 Å². The number of amides is 2. The molecule has 2 fully saturated rings. The van der Waals surface area contributed by atoms with Crippen LogP contribution in [0.5, 0.6) is 0 Å². The van der Waals surface area contributed by atoms with E-state index in [1.165, 1.54) is 0 Å². The van der Waals surface area contributed by atoms with E-state index >= 15 is 0 Å². The predicted octanol–water partition coefficient (Wildman–Crippen LogP) is 0.663. The second kappa shape index (κ2) is 7.10. The Morgan fingerprint density at radius 2 is 2.11 bits per heavy atom. The molecule has 1 aliphatic heterocycles. The van der Waals surface area contributed by atoms with Crippen molar-refractivity contribution in [2.45, 2.75) is 50.6 Å². The first-order valence-corrected chi connectivity index (χ1v) is 6.86. The third-order valence-corrected chi connectivity index (χ3v) is 4.06. The number of carbonyl (C=O) groups excluding carboxylic acids is 2. The van der Waals surface area contributed by atoms with Gasteiger partial charge in [-0.1, -0.05) is 6.42 Å². The molecule has 0 aromatic heterocycles. The van der Waals surface area contributed by atoms with Crippen molar-refractivity contribution >= 4 is 24.2 Å². The second-order valence-corrected chi connectivity index (χ2v) is 5.64. The second-order valence-electron chi connectivity index (χ2n) is 5.64. The number of nitrogens with one attached hydrogen (secondary N) is 1. The molecular weight excluding hydrogens is 266 g/mol. The summed E-state index contributed by atoms with van der Waals surface area (Å²) in [7, 11) is 1.79. The van der Waals surface area contributed by atoms with Gasteiger partial charge in [0.2, 0.25) is 11.8 Å². The maximum Gasteiger partial charge on any atom is 0.223 e. The van der Waals surface area contributed by atoms with E-state index in [1.807, 2.05) is 0 Å². The van der Waals surface area contributed by atoms with Crippen molar-refractivity contribution in [2.24, 2.45) is 11.7 Å². The number of hydrogen-bond acceptors (Lipinski definition) is 3. The molecule has 1 saturated carbocycles. The monoisotopic (exact) mass is 289 g/mol. The Kier molecular flexibility index (Phi) is 6.07. The van der Waals surface area contributed by atoms with Crippen LogP contribution in [0.25, 0.3) is 0 Å². The lowest BCUT2D eigenvalue weighted by Gasteiger charge is -2.32. The first-order chi connectivity index (χ1) is 8.56. The molecule has 1 heterocycles. The summed E-state index contributed by atoms with van der Waals surface area (Å²) in [5.41, 5.74) is 5.90. The fraction of sp³-hybridized carbons (Fsp3) is 0.846. The van der Waals surface area contributed by atoms with Crippen molar-refractivity contribution in [3.05, 3.63) is 0 Å². The van der Waals surface area contributed by atoms with Gasteiger partial charge < -0.3 is 16.0 Å². The largest absolute Gasteiger partial charge is 0.351 e. The van der Waals surface area contributed by atoms with Gasteiger partial charge in [0.25, 0.3) is 0 Å². The third kappa shape index (κ3) is 4.35. The van der Waals surface area contributed by atoms with Crippen LogP contribution in [0.4, 0.5) is 0 Å². The smallest absolute Gasteiger partial charge is 0.223 e. The topological polar surface area (TPSA) is 75.4 Å². The van der Waals surface area contributed by atoms with Crippen LogP contribution >= 0.6 is 12.4 Å². The van der Waals surface area contributed by atoms with Crippen LogP contribution in [0.15, 0.2) is 0 Å². The van der Waals surface area contributed by atoms with E-state index in [0.717, 1.165) is 32.1 Å². The Balaban J connectivity index is 0.00000180. The van der Waals surface area contributed by atoms with Crippen molar-refractivity contribution in [3.8, 4) is 0 Å². The zero-order valence-electron chi connectivity index (χ0n) is 11.4. The lowest BCUT2D eigenvalue weighted by Crippen LogP contribution is -2.50. The van der Waals surface area contributed by atoms with Gasteiger partial charge in [-0.2, -0.15) is 0 Å². The Labute approximate surface area is 120 Å². The molecule has 0 bridgehead atoms. The van der Waals surface area contributed by atoms with Crippen LogP contribution in [0.2, 0.25) is 0 Å². The quantitative estimate of drug-likeness (QED) is 0.784. The lowest BCUT2D eigenvalue weighted by atomic mass is 9.85. The molecule has 5 nitrogen and oxygen atoms in total. The number of halogens is 1. The molecule has 3 N–H and O–H groups in total. The molecule has 19 heavy (non-hydrogen) atoms. The van der Waals surface area contributed by atoms with E-state index in [1.54, 1.807) is 11.9 Å². The fourth-order valence-electron chi connectivity index (χ4n) is 2.91. The minimum Gasteiger partial charge on any atom is -0.351 e. The summed E-state index contributed by atoms with van der Waals surface area (Å²) >= 11 is 0. The first kappa shape index (κ1) is 16.2. The normalized spacial score (nSPS) is 31.6. The van der Waals surface area contributed by atoms with E-state index in [9.17, 15) is 9.59 Å². The predicted molar refractivity (Wildman–Crippen MR) is 76.0 cm³/mol. The fourth-order valence-corrected chi connectivity index (χ4v) is 2.91. The van der Waals surface area contributed by atoms with Crippen molar-refractivity contribution in [1.29, 1.82) is 0 Å². The molecule has 0 aromatic rings. The van der Waals surface area contributed by atoms with Crippen LogP contribution in [0.1, 0.15) is 38.5 Å². The van der Waals surface area contributed by atoms with Gasteiger partial charge in [0.1, 0.15) is 0 Å². The number of hydrogen-bond donors (Lipinski definition) is 2. The number of piperidine rings is 1. The number of carbonyl (C=O) groups is 2. The summed E-state index contributed by atoms with van der Waals surface area (Å²) in [6, 6.07) is 0.281. The molecule has 1 saturated heterocycles. The van der Waals surface area contributed by atoms with Gasteiger partial charge in [0, 0.05) is 38.0 Å². The van der Waals surface area contributed by atoms with E-state index in [4.69, 9.17) is 5.73 Å². The Hall–Kier alpha value is -0.810. The number of rotatable bonds is 2. The molecule has 0 aromatic carbocycles. The zero-order chi connectivity index (χ0) is 13.1. The molecule has 2 amide bonds. The molecule has 2 rings (SSSR count). The van der Waals surface area contributed by atoms with Gasteiger partial charge in [-0.25, -0.2) is 0 Å². The van der Waals surface area contributed by atoms with Gasteiger partial charge in [-0.3, -0.25) is 9.59 Å². The lowest BCUT2D eigenvalue weighted by molar-refractivity contribution is -0.134. The zero-order valence-corrected chi connectivity index (χ0v) is 12.2. The number of nitrogens with zero attached hydrogens (tertiary/aromatic N) is 1. The number of likely N-dealkylation sites (N-methyl/N-ethyl adjacent to an activating group) is 1. The minimum atomic E-state index is 0. The molecule has 0 radical (unpaired) electrons. The molecule has 3 atom stereocenters. The molecule has 2 aliphatic rings. The van der Waals surface area contributed by atoms with Gasteiger partial charge >= 0.3 is 0 Å². The van der Waals surface area contributed by atoms with Gasteiger partial charge in [-0.15, -0.1) is 12.4 Å². The summed E-state index contributed by atoms with van der Waals surface area (Å²) in [4.78, 5) is 25.2. The van der Waals surface area contributed by atoms with Crippen molar-refractivity contribution in [1.82, 2.24) is 10.2 Å². The number of likely N-dealkylation sites (tertiary alicyclic amines) is 1. The molecule has 6 heteroatoms. The van der Waals surface area contributed by atoms with Crippen molar-refractivity contribution < 1.29 is 9.59 Å². The third-order valence-electron chi connectivity index (χ3n) is 4.06. The molecule has 3 unspecified atom stereocenters. The Bertz CT molecular complexity index is 338. The average Bonchev–Trinajstić information content (AvgIpc) is 2.34. The van der Waals surface area contributed by atoms with Crippen LogP contribution < -0.4 is 11.1 Å². The van der Waals surface area contributed by atoms with Crippen LogP contribution in [-0.4, -0.2) is 42.4 Å². The molecular formula is C13H24ClN3O2. The van der Waals surface area contributed by atoms with Crippen LogP contribution in [0, 0.1) is 5.92 Å². The molecule has 110 valence electrons. The van der Waals surface area contributed by atoms with Gasteiger partial charge in [-0.05, 0) is 25.7 Å². The Morgan fingerprint density at radius 3 is 2.74 bits per heavy atom. The summed E-state index contributed by atoms with van der Waals surface area (Å²) in [6.45, 7) is 0.628. The van der Waals surface area contributed by atoms with E-state index in [-0.39, 0.29) is 42.2 Å². The summed E-state index contributed by atoms with van der Waals surface area (Å²) < 4.78 is 0. The van der Waals surface area contributed by atoms with Crippen LogP contribution in [0.3, 0.4) is 0 Å². The highest BCUT2D eigenvalue weighted by Gasteiger charge is 2.29. The molecule has 0 spiro atoms. The average molecular weight is 290 g/mol. The highest BCUT2D eigenvalue weighted by molar-refractivity contribution is 5.85. The summed E-state index contributed by atoms with van der Waals surface area (Å²) in [5, 5.41) is 3.07. The van der Waals surface area contributed by atoms with Crippen LogP contribution in [-0.2, 0) is 9.59 Å². The highest BCUT2D eigenvalue weighted by Crippen LogP contribution is 2.23. The van der Waals surface area contributed by atoms with Gasteiger partial charge in [0.15, 0.2) is 0 Å². The standard InChI is InChI=1S/C13H23N3O2.ClH/c1-16-8-11(5-6-12(16)17)15-13(18)9-3-2-4-10(14)7-9;/h9-11H,2-8,14H2,1H3,(H,15,18);1H. The highest BCUT2D eigenvalue weighted by atomic mass is 35.5. The summed E-state index contributed by atoms with van der Waals surface area (Å²) in [6.07, 6.45) is 5.11. The van der Waals surface area contributed by atoms with E-state index in [2.05, 4.69) is 5.32 Å². The van der Waals surface area contributed by atoms with Crippen molar-refractivity contribution in [2.75, 3.05) is 13.6 Å². The van der Waals surface area contributed by atoms with Crippen molar-refractivity contribution in [3.63, 3.8) is 0 Å². The summed E-state index contributed by atoms with van der Waals surface area (Å²) in [5.74, 6) is 0.356. The first-order valence-electron chi connectivity index (χ1n) is 6.86. The molecule has 1 aliphatic carbocycles. The SMILES string of the molecule is CN1CC(NC(=O)C2CCCC(N)C2)CCC1=O.Cl. The maximum atomic E-state index is 12.1. The van der Waals surface area contributed by atoms with E-state index < -0.39 is 0 Å². The van der Waals surface area contributed by atoms with E-state index in [0.29, 0.717) is 13.0 Å².